The topological polar surface area (TPSA) is 118 Å². The molecule has 1 saturated heterocycles. The average molecular weight is 515 g/mol. The number of likely N-dealkylation sites (tertiary alicyclic amines) is 1. The van der Waals surface area contributed by atoms with E-state index < -0.39 is 0 Å². The second-order valence-corrected chi connectivity index (χ2v) is 10.6. The van der Waals surface area contributed by atoms with Crippen molar-refractivity contribution < 1.29 is 4.74 Å². The fourth-order valence-corrected chi connectivity index (χ4v) is 5.79. The Morgan fingerprint density at radius 2 is 1.89 bits per heavy atom. The van der Waals surface area contributed by atoms with E-state index in [4.69, 9.17) is 21.3 Å². The summed E-state index contributed by atoms with van der Waals surface area (Å²) in [7, 11) is 1.65. The van der Waals surface area contributed by atoms with Crippen LogP contribution in [0.4, 0.5) is 23.0 Å². The van der Waals surface area contributed by atoms with Gasteiger partial charge >= 0.3 is 0 Å². The van der Waals surface area contributed by atoms with Gasteiger partial charge in [-0.2, -0.15) is 0 Å². The lowest BCUT2D eigenvalue weighted by atomic mass is 10.00. The summed E-state index contributed by atoms with van der Waals surface area (Å²) in [6.45, 7) is 14.5. The van der Waals surface area contributed by atoms with E-state index in [1.54, 1.807) is 7.11 Å². The van der Waals surface area contributed by atoms with Crippen LogP contribution in [-0.4, -0.2) is 52.6 Å². The molecule has 2 aliphatic heterocycles. The Hall–Kier alpha value is -3.82. The van der Waals surface area contributed by atoms with Gasteiger partial charge in [-0.3, -0.25) is 10.7 Å². The zero-order valence-corrected chi connectivity index (χ0v) is 22.7. The number of hydrogen-bond donors (Lipinski definition) is 4. The smallest absolute Gasteiger partial charge is 0.227 e. The maximum absolute atomic E-state index is 6.19. The zero-order chi connectivity index (χ0) is 27.0. The number of nitrogens with two attached hydrogens (primary N) is 2. The van der Waals surface area contributed by atoms with Crippen molar-refractivity contribution in [3.63, 3.8) is 0 Å². The quantitative estimate of drug-likeness (QED) is 0.210. The molecule has 3 heterocycles. The minimum Gasteiger partial charge on any atom is -0.496 e. The van der Waals surface area contributed by atoms with Gasteiger partial charge in [0.05, 0.1) is 24.2 Å². The molecule has 1 aromatic heterocycles. The van der Waals surface area contributed by atoms with Crippen LogP contribution < -0.4 is 27.1 Å². The van der Waals surface area contributed by atoms with Gasteiger partial charge in [-0.25, -0.2) is 9.97 Å². The van der Waals surface area contributed by atoms with Crippen LogP contribution in [0.3, 0.4) is 0 Å². The Labute approximate surface area is 224 Å². The number of aromatic nitrogens is 2. The summed E-state index contributed by atoms with van der Waals surface area (Å²) >= 11 is 0. The molecule has 0 radical (unpaired) electrons. The van der Waals surface area contributed by atoms with Gasteiger partial charge in [0.1, 0.15) is 5.75 Å². The summed E-state index contributed by atoms with van der Waals surface area (Å²) < 4.78 is 5.62. The summed E-state index contributed by atoms with van der Waals surface area (Å²) in [5.74, 6) is 7.42. The second-order valence-electron chi connectivity index (χ2n) is 10.6. The Kier molecular flexibility index (Phi) is 7.14. The molecule has 6 N–H and O–H groups in total. The number of fused-ring (bicyclic) bond motifs is 1. The van der Waals surface area contributed by atoms with E-state index in [0.29, 0.717) is 35.0 Å². The molecule has 0 spiro atoms. The fraction of sp³-hybridized carbons (Fsp3) is 0.379. The number of anilines is 4. The third-order valence-corrected chi connectivity index (χ3v) is 7.70. The van der Waals surface area contributed by atoms with E-state index in [-0.39, 0.29) is 0 Å². The lowest BCUT2D eigenvalue weighted by Gasteiger charge is -2.35. The molecule has 200 valence electrons. The first-order valence-corrected chi connectivity index (χ1v) is 13.1. The maximum Gasteiger partial charge on any atom is 0.227 e. The number of nitrogens with zero attached hydrogens (tertiary/aromatic N) is 4. The molecular weight excluding hydrogens is 476 g/mol. The first-order chi connectivity index (χ1) is 18.2. The highest BCUT2D eigenvalue weighted by Crippen LogP contribution is 2.37. The number of nitrogen functional groups attached to an aromatic ring is 2. The predicted molar refractivity (Wildman–Crippen MR) is 154 cm³/mol. The van der Waals surface area contributed by atoms with Crippen molar-refractivity contribution >= 4 is 28.7 Å². The molecule has 2 aliphatic rings. The normalized spacial score (nSPS) is 19.2. The van der Waals surface area contributed by atoms with Gasteiger partial charge in [0.2, 0.25) is 5.95 Å². The minimum atomic E-state index is 0.404. The van der Waals surface area contributed by atoms with E-state index in [0.717, 1.165) is 55.2 Å². The van der Waals surface area contributed by atoms with Crippen molar-refractivity contribution in [3.8, 4) is 5.75 Å². The van der Waals surface area contributed by atoms with Crippen LogP contribution in [0.15, 0.2) is 43.1 Å². The van der Waals surface area contributed by atoms with Gasteiger partial charge in [-0.1, -0.05) is 19.6 Å². The van der Waals surface area contributed by atoms with Crippen molar-refractivity contribution in [1.29, 1.82) is 0 Å². The van der Waals surface area contributed by atoms with Crippen molar-refractivity contribution in [1.82, 2.24) is 19.8 Å². The molecule has 1 fully saturated rings. The van der Waals surface area contributed by atoms with Crippen LogP contribution in [0.5, 0.6) is 5.75 Å². The van der Waals surface area contributed by atoms with Crippen LogP contribution in [0, 0.1) is 19.8 Å². The highest BCUT2D eigenvalue weighted by molar-refractivity contribution is 5.78. The van der Waals surface area contributed by atoms with E-state index in [9.17, 15) is 0 Å². The zero-order valence-electron chi connectivity index (χ0n) is 22.7. The molecule has 9 heteroatoms. The van der Waals surface area contributed by atoms with Gasteiger partial charge in [-0.15, -0.1) is 0 Å². The number of methoxy groups -OCH3 is 1. The van der Waals surface area contributed by atoms with Gasteiger partial charge in [-0.05, 0) is 49.1 Å². The van der Waals surface area contributed by atoms with Crippen molar-refractivity contribution in [3.05, 3.63) is 71.1 Å². The number of ether oxygens (including phenoxy) is 1. The number of hydrazine groups is 1. The number of hydrogen-bond acceptors (Lipinski definition) is 9. The number of benzene rings is 2. The first-order valence-electron chi connectivity index (χ1n) is 13.1. The summed E-state index contributed by atoms with van der Waals surface area (Å²) in [6.07, 6.45) is 2.89. The Morgan fingerprint density at radius 1 is 1.13 bits per heavy atom. The highest BCUT2D eigenvalue weighted by Gasteiger charge is 2.36. The molecular formula is C29H38N8O. The fourth-order valence-electron chi connectivity index (χ4n) is 5.79. The SMILES string of the molecule is C=C(c1cc(N)c(NN)cc1OC)N1CC(C)C(N2CCc3nc(Nc4cc(C)cc(C)c4)ncc3C2)C1. The third-order valence-electron chi connectivity index (χ3n) is 7.70. The number of nitrogens with one attached hydrogen (secondary N) is 2. The molecule has 2 atom stereocenters. The number of rotatable bonds is 7. The van der Waals surface area contributed by atoms with Crippen LogP contribution in [0.1, 0.15) is 34.9 Å². The second kappa shape index (κ2) is 10.5. The van der Waals surface area contributed by atoms with Gasteiger partial charge in [0, 0.05) is 73.4 Å². The molecule has 5 rings (SSSR count). The van der Waals surface area contributed by atoms with E-state index >= 15 is 0 Å². The molecule has 9 nitrogen and oxygen atoms in total. The Balaban J connectivity index is 1.27. The molecule has 3 aromatic rings. The van der Waals surface area contributed by atoms with Gasteiger partial charge < -0.3 is 26.1 Å². The van der Waals surface area contributed by atoms with Gasteiger partial charge in [0.25, 0.3) is 0 Å². The summed E-state index contributed by atoms with van der Waals surface area (Å²) in [5, 5.41) is 3.38. The highest BCUT2D eigenvalue weighted by atomic mass is 16.5. The lowest BCUT2D eigenvalue weighted by Crippen LogP contribution is -2.43. The standard InChI is InChI=1S/C29H38N8O/c1-17-8-18(2)10-22(9-17)33-29-32-13-21-15-36(7-6-25(21)34-29)27-16-37(14-19(27)3)20(4)23-11-24(30)26(35-31)12-28(23)38-5/h8-13,19,27,35H,4,6-7,14-16,30-31H2,1-3,5H3,(H,32,33,34). The first kappa shape index (κ1) is 25.8. The summed E-state index contributed by atoms with van der Waals surface area (Å²) in [5.41, 5.74) is 17.6. The van der Waals surface area contributed by atoms with E-state index in [2.05, 4.69) is 71.1 Å². The largest absolute Gasteiger partial charge is 0.496 e. The molecule has 0 saturated carbocycles. The maximum atomic E-state index is 6.19. The average Bonchev–Trinajstić information content (AvgIpc) is 3.28. The molecule has 0 bridgehead atoms. The molecule has 2 unspecified atom stereocenters. The van der Waals surface area contributed by atoms with Crippen molar-refractivity contribution in [2.45, 2.75) is 39.8 Å². The molecule has 2 aromatic carbocycles. The van der Waals surface area contributed by atoms with Crippen LogP contribution >= 0.6 is 0 Å². The van der Waals surface area contributed by atoms with Crippen LogP contribution in [-0.2, 0) is 13.0 Å². The Morgan fingerprint density at radius 3 is 2.61 bits per heavy atom. The molecule has 38 heavy (non-hydrogen) atoms. The van der Waals surface area contributed by atoms with E-state index in [1.165, 1.54) is 16.7 Å². The van der Waals surface area contributed by atoms with Crippen LogP contribution in [0.25, 0.3) is 5.70 Å². The van der Waals surface area contributed by atoms with Crippen molar-refractivity contribution in [2.24, 2.45) is 11.8 Å². The number of aryl methyl sites for hydroxylation is 2. The summed E-state index contributed by atoms with van der Waals surface area (Å²) in [6, 6.07) is 10.5. The monoisotopic (exact) mass is 514 g/mol. The van der Waals surface area contributed by atoms with Gasteiger partial charge in [0.15, 0.2) is 0 Å². The van der Waals surface area contributed by atoms with Crippen LogP contribution in [0.2, 0.25) is 0 Å². The third kappa shape index (κ3) is 5.12. The lowest BCUT2D eigenvalue weighted by molar-refractivity contribution is 0.157. The molecule has 0 amide bonds. The van der Waals surface area contributed by atoms with E-state index in [1.807, 2.05) is 18.3 Å². The summed E-state index contributed by atoms with van der Waals surface area (Å²) in [4.78, 5) is 14.4. The molecule has 0 aliphatic carbocycles. The minimum absolute atomic E-state index is 0.404. The predicted octanol–water partition coefficient (Wildman–Crippen LogP) is 4.06. The Bertz CT molecular complexity index is 1340. The van der Waals surface area contributed by atoms with Crippen molar-refractivity contribution in [2.75, 3.05) is 43.2 Å².